The van der Waals surface area contributed by atoms with Gasteiger partial charge in [-0.05, 0) is 19.3 Å². The number of carbonyl (C=O) groups excluding carboxylic acids is 1. The highest BCUT2D eigenvalue weighted by Crippen LogP contribution is 2.09. The molecule has 19 heavy (non-hydrogen) atoms. The minimum Gasteiger partial charge on any atom is -0.341 e. The van der Waals surface area contributed by atoms with Crippen LogP contribution in [0.5, 0.6) is 0 Å². The van der Waals surface area contributed by atoms with Gasteiger partial charge in [-0.3, -0.25) is 9.52 Å². The molecule has 0 unspecified atom stereocenters. The van der Waals surface area contributed by atoms with Crippen LogP contribution in [0.2, 0.25) is 0 Å². The molecule has 1 aromatic heterocycles. The Hall–Kier alpha value is -1.64. The van der Waals surface area contributed by atoms with Crippen molar-refractivity contribution >= 4 is 21.7 Å². The van der Waals surface area contributed by atoms with Crippen molar-refractivity contribution in [1.82, 2.24) is 19.9 Å². The minimum atomic E-state index is -3.37. The summed E-state index contributed by atoms with van der Waals surface area (Å²) in [5.41, 5.74) is 0. The molecular formula is C10H17N5O3S. The summed E-state index contributed by atoms with van der Waals surface area (Å²) in [4.78, 5) is 14.9. The van der Waals surface area contributed by atoms with Crippen molar-refractivity contribution in [2.24, 2.45) is 0 Å². The van der Waals surface area contributed by atoms with Gasteiger partial charge >= 0.3 is 0 Å². The van der Waals surface area contributed by atoms with Crippen LogP contribution in [0.3, 0.4) is 0 Å². The predicted octanol–water partition coefficient (Wildman–Crippen LogP) is -0.338. The number of aromatic nitrogens is 3. The average Bonchev–Trinajstić information content (AvgIpc) is 2.75. The molecule has 0 bridgehead atoms. The summed E-state index contributed by atoms with van der Waals surface area (Å²) in [7, 11) is -3.37. The number of rotatable bonds is 4. The van der Waals surface area contributed by atoms with E-state index >= 15 is 0 Å². The van der Waals surface area contributed by atoms with Crippen LogP contribution >= 0.6 is 0 Å². The maximum atomic E-state index is 11.9. The Balaban J connectivity index is 1.94. The molecule has 2 rings (SSSR count). The van der Waals surface area contributed by atoms with Crippen molar-refractivity contribution in [3.05, 3.63) is 6.20 Å². The maximum Gasteiger partial charge on any atom is 0.246 e. The molecule has 1 aliphatic heterocycles. The molecule has 0 saturated carbocycles. The number of likely N-dealkylation sites (tertiary alicyclic amines) is 1. The number of sulfonamides is 1. The molecule has 1 fully saturated rings. The molecule has 1 N–H and O–H groups in total. The van der Waals surface area contributed by atoms with Gasteiger partial charge in [-0.1, -0.05) is 0 Å². The van der Waals surface area contributed by atoms with E-state index in [1.807, 2.05) is 0 Å². The van der Waals surface area contributed by atoms with Crippen LogP contribution in [-0.4, -0.2) is 53.6 Å². The first-order chi connectivity index (χ1) is 8.94. The molecule has 106 valence electrons. The van der Waals surface area contributed by atoms with Crippen LogP contribution in [0.25, 0.3) is 0 Å². The Morgan fingerprint density at radius 3 is 2.68 bits per heavy atom. The maximum absolute atomic E-state index is 11.9. The van der Waals surface area contributed by atoms with Crippen LogP contribution in [0, 0.1) is 0 Å². The summed E-state index contributed by atoms with van der Waals surface area (Å²) in [5, 5.41) is 7.76. The van der Waals surface area contributed by atoms with Gasteiger partial charge in [0, 0.05) is 13.1 Å². The molecule has 0 aliphatic carbocycles. The number of amides is 1. The van der Waals surface area contributed by atoms with Crippen LogP contribution in [0.1, 0.15) is 19.3 Å². The molecule has 1 saturated heterocycles. The van der Waals surface area contributed by atoms with Gasteiger partial charge in [-0.25, -0.2) is 8.42 Å². The third kappa shape index (κ3) is 4.19. The van der Waals surface area contributed by atoms with E-state index in [9.17, 15) is 13.2 Å². The standard InChI is InChI=1S/C10H17N5O3S/c1-19(17,18)13-9-7-11-15(12-9)8-10(16)14-5-3-2-4-6-14/h7H,2-6,8H2,1H3,(H,12,13). The Morgan fingerprint density at radius 1 is 1.37 bits per heavy atom. The fourth-order valence-corrected chi connectivity index (χ4v) is 2.45. The van der Waals surface area contributed by atoms with Crippen molar-refractivity contribution in [2.45, 2.75) is 25.8 Å². The number of anilines is 1. The van der Waals surface area contributed by atoms with E-state index in [1.165, 1.54) is 11.0 Å². The fraction of sp³-hybridized carbons (Fsp3) is 0.700. The average molecular weight is 287 g/mol. The monoisotopic (exact) mass is 287 g/mol. The Labute approximate surface area is 111 Å². The SMILES string of the molecule is CS(=O)(=O)Nc1cnn(CC(=O)N2CCCCC2)n1. The molecule has 9 heteroatoms. The number of nitrogens with one attached hydrogen (secondary N) is 1. The molecule has 0 atom stereocenters. The van der Waals surface area contributed by atoms with E-state index in [2.05, 4.69) is 14.9 Å². The molecular weight excluding hydrogens is 270 g/mol. The topological polar surface area (TPSA) is 97.2 Å². The van der Waals surface area contributed by atoms with Crippen molar-refractivity contribution in [3.8, 4) is 0 Å². The first-order valence-electron chi connectivity index (χ1n) is 6.10. The normalized spacial score (nSPS) is 16.4. The highest BCUT2D eigenvalue weighted by Gasteiger charge is 2.17. The second-order valence-corrected chi connectivity index (χ2v) is 6.32. The van der Waals surface area contributed by atoms with Gasteiger partial charge in [0.25, 0.3) is 0 Å². The number of carbonyl (C=O) groups is 1. The lowest BCUT2D eigenvalue weighted by Gasteiger charge is -2.26. The zero-order chi connectivity index (χ0) is 13.9. The van der Waals surface area contributed by atoms with Gasteiger partial charge in [-0.2, -0.15) is 9.90 Å². The quantitative estimate of drug-likeness (QED) is 0.817. The summed E-state index contributed by atoms with van der Waals surface area (Å²) >= 11 is 0. The lowest BCUT2D eigenvalue weighted by molar-refractivity contribution is -0.133. The van der Waals surface area contributed by atoms with Gasteiger partial charge in [0.2, 0.25) is 15.9 Å². The first-order valence-corrected chi connectivity index (χ1v) is 7.99. The second kappa shape index (κ2) is 5.55. The molecule has 0 spiro atoms. The van der Waals surface area contributed by atoms with Crippen molar-refractivity contribution in [2.75, 3.05) is 24.1 Å². The minimum absolute atomic E-state index is 0.0332. The fourth-order valence-electron chi connectivity index (χ4n) is 1.97. The van der Waals surface area contributed by atoms with Crippen LogP contribution in [0.4, 0.5) is 5.82 Å². The molecule has 2 heterocycles. The predicted molar refractivity (Wildman–Crippen MR) is 68.9 cm³/mol. The van der Waals surface area contributed by atoms with Crippen molar-refractivity contribution < 1.29 is 13.2 Å². The van der Waals surface area contributed by atoms with E-state index < -0.39 is 10.0 Å². The molecule has 0 aromatic carbocycles. The Bertz CT molecular complexity index is 547. The summed E-state index contributed by atoms with van der Waals surface area (Å²) in [6.45, 7) is 1.58. The largest absolute Gasteiger partial charge is 0.341 e. The third-order valence-corrected chi connectivity index (χ3v) is 3.39. The van der Waals surface area contributed by atoms with E-state index in [0.29, 0.717) is 0 Å². The lowest BCUT2D eigenvalue weighted by Crippen LogP contribution is -2.38. The van der Waals surface area contributed by atoms with E-state index in [-0.39, 0.29) is 18.3 Å². The zero-order valence-corrected chi connectivity index (χ0v) is 11.6. The lowest BCUT2D eigenvalue weighted by atomic mass is 10.1. The van der Waals surface area contributed by atoms with Crippen LogP contribution in [-0.2, 0) is 21.4 Å². The van der Waals surface area contributed by atoms with Gasteiger partial charge in [0.05, 0.1) is 12.5 Å². The first kappa shape index (κ1) is 13.8. The van der Waals surface area contributed by atoms with E-state index in [4.69, 9.17) is 0 Å². The molecule has 1 aliphatic rings. The number of piperidine rings is 1. The van der Waals surface area contributed by atoms with Gasteiger partial charge in [0.15, 0.2) is 5.82 Å². The van der Waals surface area contributed by atoms with E-state index in [0.717, 1.165) is 38.6 Å². The summed E-state index contributed by atoms with van der Waals surface area (Å²) in [6.07, 6.45) is 5.53. The van der Waals surface area contributed by atoms with E-state index in [1.54, 1.807) is 4.90 Å². The summed E-state index contributed by atoms with van der Waals surface area (Å²) in [6, 6.07) is 0. The number of nitrogens with zero attached hydrogens (tertiary/aromatic N) is 4. The highest BCUT2D eigenvalue weighted by atomic mass is 32.2. The number of hydrogen-bond donors (Lipinski definition) is 1. The second-order valence-electron chi connectivity index (χ2n) is 4.58. The molecule has 1 amide bonds. The summed E-state index contributed by atoms with van der Waals surface area (Å²) < 4.78 is 24.2. The highest BCUT2D eigenvalue weighted by molar-refractivity contribution is 7.92. The summed E-state index contributed by atoms with van der Waals surface area (Å²) in [5.74, 6) is 0.0788. The third-order valence-electron chi connectivity index (χ3n) is 2.81. The number of hydrogen-bond acceptors (Lipinski definition) is 5. The van der Waals surface area contributed by atoms with Gasteiger partial charge < -0.3 is 4.90 Å². The Morgan fingerprint density at radius 2 is 2.05 bits per heavy atom. The van der Waals surface area contributed by atoms with Crippen molar-refractivity contribution in [1.29, 1.82) is 0 Å². The van der Waals surface area contributed by atoms with Crippen molar-refractivity contribution in [3.63, 3.8) is 0 Å². The Kier molecular flexibility index (Phi) is 4.03. The van der Waals surface area contributed by atoms with Gasteiger partial charge in [-0.15, -0.1) is 5.10 Å². The molecule has 1 aromatic rings. The molecule has 8 nitrogen and oxygen atoms in total. The molecule has 0 radical (unpaired) electrons. The van der Waals surface area contributed by atoms with Crippen LogP contribution in [0.15, 0.2) is 6.20 Å². The van der Waals surface area contributed by atoms with Crippen LogP contribution < -0.4 is 4.72 Å². The zero-order valence-electron chi connectivity index (χ0n) is 10.7. The van der Waals surface area contributed by atoms with Gasteiger partial charge in [0.1, 0.15) is 6.54 Å². The smallest absolute Gasteiger partial charge is 0.246 e.